The second-order valence-electron chi connectivity index (χ2n) is 6.83. The van der Waals surface area contributed by atoms with Crippen LogP contribution in [0.1, 0.15) is 34.8 Å². The monoisotopic (exact) mass is 368 g/mol. The Hall–Kier alpha value is -2.53. The minimum atomic E-state index is -0.120. The number of fused-ring (bicyclic) bond motifs is 1. The third-order valence-electron chi connectivity index (χ3n) is 5.30. The highest BCUT2D eigenvalue weighted by molar-refractivity contribution is 5.97. The van der Waals surface area contributed by atoms with E-state index in [2.05, 4.69) is 41.4 Å². The number of benzene rings is 2. The van der Waals surface area contributed by atoms with E-state index in [0.29, 0.717) is 29.6 Å². The summed E-state index contributed by atoms with van der Waals surface area (Å²) in [5.41, 5.74) is 3.36. The number of hydrogen-bond donors (Lipinski definition) is 1. The van der Waals surface area contributed by atoms with Gasteiger partial charge in [-0.1, -0.05) is 31.2 Å². The summed E-state index contributed by atoms with van der Waals surface area (Å²) < 4.78 is 10.5. The molecular weight excluding hydrogens is 340 g/mol. The molecule has 144 valence electrons. The van der Waals surface area contributed by atoms with E-state index in [1.165, 1.54) is 11.1 Å². The highest BCUT2D eigenvalue weighted by Crippen LogP contribution is 2.25. The lowest BCUT2D eigenvalue weighted by molar-refractivity contribution is 0.0923. The number of amides is 1. The summed E-state index contributed by atoms with van der Waals surface area (Å²) in [6.45, 7) is 4.76. The molecule has 0 fully saturated rings. The molecule has 2 aromatic carbocycles. The first-order valence-electron chi connectivity index (χ1n) is 9.47. The predicted molar refractivity (Wildman–Crippen MR) is 107 cm³/mol. The molecule has 2 aromatic rings. The van der Waals surface area contributed by atoms with Gasteiger partial charge in [0.1, 0.15) is 11.5 Å². The number of methoxy groups -OCH3 is 2. The fourth-order valence-corrected chi connectivity index (χ4v) is 3.65. The zero-order chi connectivity index (χ0) is 19.2. The highest BCUT2D eigenvalue weighted by Gasteiger charge is 2.23. The lowest BCUT2D eigenvalue weighted by Crippen LogP contribution is -2.45. The van der Waals surface area contributed by atoms with Crippen LogP contribution in [0.15, 0.2) is 42.5 Å². The smallest absolute Gasteiger partial charge is 0.255 e. The number of carbonyl (C=O) groups excluding carboxylic acids is 1. The van der Waals surface area contributed by atoms with Crippen LogP contribution in [0.25, 0.3) is 0 Å². The van der Waals surface area contributed by atoms with Gasteiger partial charge in [-0.05, 0) is 36.1 Å². The van der Waals surface area contributed by atoms with Crippen molar-refractivity contribution in [1.29, 1.82) is 0 Å². The van der Waals surface area contributed by atoms with Crippen molar-refractivity contribution in [1.82, 2.24) is 10.2 Å². The molecule has 1 aliphatic heterocycles. The van der Waals surface area contributed by atoms with Crippen molar-refractivity contribution in [3.63, 3.8) is 0 Å². The number of ether oxygens (including phenoxy) is 2. The first kappa shape index (κ1) is 19.2. The number of nitrogens with one attached hydrogen (secondary N) is 1. The second kappa shape index (κ2) is 8.91. The summed E-state index contributed by atoms with van der Waals surface area (Å²) in [5.74, 6) is 1.07. The largest absolute Gasteiger partial charge is 0.497 e. The van der Waals surface area contributed by atoms with E-state index in [0.717, 1.165) is 25.9 Å². The lowest BCUT2D eigenvalue weighted by Gasteiger charge is -2.35. The van der Waals surface area contributed by atoms with Gasteiger partial charge in [0.25, 0.3) is 5.91 Å². The molecular formula is C22H28N2O3. The Bertz CT molecular complexity index is 791. The fourth-order valence-electron chi connectivity index (χ4n) is 3.65. The molecule has 3 rings (SSSR count). The highest BCUT2D eigenvalue weighted by atomic mass is 16.5. The Balaban J connectivity index is 1.64. The van der Waals surface area contributed by atoms with E-state index in [-0.39, 0.29) is 5.91 Å². The van der Waals surface area contributed by atoms with E-state index in [1.807, 2.05) is 0 Å². The van der Waals surface area contributed by atoms with Gasteiger partial charge in [-0.3, -0.25) is 9.69 Å². The first-order valence-corrected chi connectivity index (χ1v) is 9.47. The van der Waals surface area contributed by atoms with Crippen LogP contribution in [0.4, 0.5) is 0 Å². The van der Waals surface area contributed by atoms with Crippen molar-refractivity contribution in [2.75, 3.05) is 27.3 Å². The van der Waals surface area contributed by atoms with Crippen LogP contribution in [0.2, 0.25) is 0 Å². The molecule has 0 radical (unpaired) electrons. The van der Waals surface area contributed by atoms with Crippen molar-refractivity contribution < 1.29 is 14.3 Å². The van der Waals surface area contributed by atoms with Gasteiger partial charge in [0.2, 0.25) is 0 Å². The van der Waals surface area contributed by atoms with E-state index < -0.39 is 0 Å². The summed E-state index contributed by atoms with van der Waals surface area (Å²) in [6, 6.07) is 14.2. The minimum absolute atomic E-state index is 0.120. The maximum absolute atomic E-state index is 12.7. The fraction of sp³-hybridized carbons (Fsp3) is 0.409. The Labute approximate surface area is 161 Å². The lowest BCUT2D eigenvalue weighted by atomic mass is 9.98. The van der Waals surface area contributed by atoms with Gasteiger partial charge in [-0.15, -0.1) is 0 Å². The molecule has 1 unspecified atom stereocenters. The number of carbonyl (C=O) groups is 1. The third-order valence-corrected chi connectivity index (χ3v) is 5.30. The van der Waals surface area contributed by atoms with Gasteiger partial charge in [0.15, 0.2) is 0 Å². The normalized spacial score (nSPS) is 14.9. The van der Waals surface area contributed by atoms with E-state index in [9.17, 15) is 4.79 Å². The molecule has 0 aliphatic carbocycles. The molecule has 0 saturated heterocycles. The van der Waals surface area contributed by atoms with Gasteiger partial charge < -0.3 is 14.8 Å². The van der Waals surface area contributed by atoms with Gasteiger partial charge >= 0.3 is 0 Å². The van der Waals surface area contributed by atoms with Crippen molar-refractivity contribution in [3.05, 3.63) is 59.2 Å². The van der Waals surface area contributed by atoms with Crippen LogP contribution in [-0.4, -0.2) is 44.2 Å². The summed E-state index contributed by atoms with van der Waals surface area (Å²) in [4.78, 5) is 15.1. The second-order valence-corrected chi connectivity index (χ2v) is 6.83. The molecule has 1 heterocycles. The maximum Gasteiger partial charge on any atom is 0.255 e. The first-order chi connectivity index (χ1) is 13.2. The van der Waals surface area contributed by atoms with Crippen molar-refractivity contribution in [2.24, 2.45) is 0 Å². The Morgan fingerprint density at radius 2 is 1.93 bits per heavy atom. The van der Waals surface area contributed by atoms with Gasteiger partial charge in [-0.2, -0.15) is 0 Å². The summed E-state index contributed by atoms with van der Waals surface area (Å²) in [5, 5.41) is 3.08. The molecule has 1 amide bonds. The Kier molecular flexibility index (Phi) is 6.35. The van der Waals surface area contributed by atoms with Crippen LogP contribution in [-0.2, 0) is 13.0 Å². The van der Waals surface area contributed by atoms with Crippen molar-refractivity contribution in [3.8, 4) is 11.5 Å². The summed E-state index contributed by atoms with van der Waals surface area (Å²) in [6.07, 6.45) is 2.05. The molecule has 5 nitrogen and oxygen atoms in total. The van der Waals surface area contributed by atoms with E-state index in [4.69, 9.17) is 9.47 Å². The average molecular weight is 368 g/mol. The van der Waals surface area contributed by atoms with Crippen LogP contribution in [0.5, 0.6) is 11.5 Å². The molecule has 1 aliphatic rings. The van der Waals surface area contributed by atoms with Gasteiger partial charge in [0.05, 0.1) is 19.8 Å². The van der Waals surface area contributed by atoms with Crippen molar-refractivity contribution >= 4 is 5.91 Å². The van der Waals surface area contributed by atoms with Gasteiger partial charge in [-0.25, -0.2) is 0 Å². The quantitative estimate of drug-likeness (QED) is 0.815. The number of hydrogen-bond acceptors (Lipinski definition) is 4. The predicted octanol–water partition coefficient (Wildman–Crippen LogP) is 3.27. The molecule has 0 spiro atoms. The zero-order valence-electron chi connectivity index (χ0n) is 16.3. The van der Waals surface area contributed by atoms with Crippen LogP contribution < -0.4 is 14.8 Å². The molecule has 0 saturated carbocycles. The zero-order valence-corrected chi connectivity index (χ0v) is 16.3. The Morgan fingerprint density at radius 3 is 2.63 bits per heavy atom. The van der Waals surface area contributed by atoms with Crippen LogP contribution in [0.3, 0.4) is 0 Å². The summed E-state index contributed by atoms with van der Waals surface area (Å²) in [7, 11) is 3.16. The SMILES string of the molecule is CCC(CNC(=O)c1ccc(OC)cc1OC)N1CCc2ccccc2C1. The molecule has 27 heavy (non-hydrogen) atoms. The van der Waals surface area contributed by atoms with E-state index in [1.54, 1.807) is 32.4 Å². The molecule has 5 heteroatoms. The minimum Gasteiger partial charge on any atom is -0.497 e. The topological polar surface area (TPSA) is 50.8 Å². The molecule has 0 bridgehead atoms. The molecule has 0 aromatic heterocycles. The molecule has 1 atom stereocenters. The number of rotatable bonds is 7. The van der Waals surface area contributed by atoms with Crippen molar-refractivity contribution in [2.45, 2.75) is 32.4 Å². The van der Waals surface area contributed by atoms with Gasteiger partial charge in [0, 0.05) is 31.7 Å². The average Bonchev–Trinajstić information content (AvgIpc) is 2.73. The van der Waals surface area contributed by atoms with E-state index >= 15 is 0 Å². The van der Waals surface area contributed by atoms with Crippen LogP contribution >= 0.6 is 0 Å². The standard InChI is InChI=1S/C22H28N2O3/c1-4-18(24-12-11-16-7-5-6-8-17(16)15-24)14-23-22(25)20-10-9-19(26-2)13-21(20)27-3/h5-10,13,18H,4,11-12,14-15H2,1-3H3,(H,23,25). The van der Waals surface area contributed by atoms with Crippen LogP contribution in [0, 0.1) is 0 Å². The Morgan fingerprint density at radius 1 is 1.15 bits per heavy atom. The molecule has 1 N–H and O–H groups in total. The third kappa shape index (κ3) is 4.42. The summed E-state index contributed by atoms with van der Waals surface area (Å²) >= 11 is 0. The number of nitrogens with zero attached hydrogens (tertiary/aromatic N) is 1. The maximum atomic E-state index is 12.7.